The van der Waals surface area contributed by atoms with Crippen LogP contribution in [-0.4, -0.2) is 14.5 Å². The Bertz CT molecular complexity index is 1110. The Kier molecular flexibility index (Phi) is 4.33. The average Bonchev–Trinajstić information content (AvgIpc) is 2.70. The van der Waals surface area contributed by atoms with Gasteiger partial charge in [-0.05, 0) is 42.5 Å². The van der Waals surface area contributed by atoms with Crippen molar-refractivity contribution in [1.29, 1.82) is 0 Å². The van der Waals surface area contributed by atoms with Crippen molar-refractivity contribution >= 4 is 11.6 Å². The predicted octanol–water partition coefficient (Wildman–Crippen LogP) is 4.61. The van der Waals surface area contributed by atoms with Crippen molar-refractivity contribution in [3.05, 3.63) is 101 Å². The molecule has 4 aromatic rings. The summed E-state index contributed by atoms with van der Waals surface area (Å²) in [5.41, 5.74) is 3.29. The number of hydrogen-bond donors (Lipinski definition) is 0. The van der Waals surface area contributed by atoms with Crippen LogP contribution in [0, 0.1) is 0 Å². The molecule has 0 bridgehead atoms. The van der Waals surface area contributed by atoms with Gasteiger partial charge in [0.1, 0.15) is 5.15 Å². The Labute approximate surface area is 155 Å². The molecule has 0 radical (unpaired) electrons. The number of hydrogen-bond acceptors (Lipinski definition) is 3. The zero-order valence-electron chi connectivity index (χ0n) is 13.7. The number of para-hydroxylation sites is 1. The van der Waals surface area contributed by atoms with E-state index in [9.17, 15) is 4.79 Å². The third kappa shape index (κ3) is 3.03. The van der Waals surface area contributed by atoms with E-state index >= 15 is 0 Å². The molecule has 0 aliphatic carbocycles. The minimum Gasteiger partial charge on any atom is -0.283 e. The van der Waals surface area contributed by atoms with Crippen LogP contribution in [0.2, 0.25) is 5.15 Å². The SMILES string of the molecule is O=c1c(-c2cccnc2Cl)cc(-c2ccccn2)cn1-c1ccccc1. The molecule has 26 heavy (non-hydrogen) atoms. The Hall–Kier alpha value is -3.24. The highest BCUT2D eigenvalue weighted by Gasteiger charge is 2.14. The highest BCUT2D eigenvalue weighted by atomic mass is 35.5. The monoisotopic (exact) mass is 359 g/mol. The molecule has 0 atom stereocenters. The lowest BCUT2D eigenvalue weighted by Crippen LogP contribution is -2.20. The third-order valence-electron chi connectivity index (χ3n) is 4.06. The van der Waals surface area contributed by atoms with Gasteiger partial charge in [0, 0.05) is 35.4 Å². The predicted molar refractivity (Wildman–Crippen MR) is 104 cm³/mol. The second-order valence-electron chi connectivity index (χ2n) is 5.71. The van der Waals surface area contributed by atoms with Crippen molar-refractivity contribution in [2.24, 2.45) is 0 Å². The molecule has 4 nitrogen and oxygen atoms in total. The smallest absolute Gasteiger partial charge is 0.263 e. The van der Waals surface area contributed by atoms with Crippen LogP contribution < -0.4 is 5.56 Å². The molecule has 1 aromatic carbocycles. The van der Waals surface area contributed by atoms with E-state index in [4.69, 9.17) is 11.6 Å². The minimum absolute atomic E-state index is 0.161. The zero-order chi connectivity index (χ0) is 17.9. The van der Waals surface area contributed by atoms with Crippen molar-refractivity contribution in [1.82, 2.24) is 14.5 Å². The fraction of sp³-hybridized carbons (Fsp3) is 0. The number of benzene rings is 1. The highest BCUT2D eigenvalue weighted by molar-refractivity contribution is 6.32. The summed E-state index contributed by atoms with van der Waals surface area (Å²) >= 11 is 6.25. The van der Waals surface area contributed by atoms with Gasteiger partial charge < -0.3 is 0 Å². The van der Waals surface area contributed by atoms with E-state index in [-0.39, 0.29) is 5.56 Å². The summed E-state index contributed by atoms with van der Waals surface area (Å²) in [6.07, 6.45) is 5.13. The van der Waals surface area contributed by atoms with Crippen LogP contribution in [-0.2, 0) is 0 Å². The summed E-state index contributed by atoms with van der Waals surface area (Å²) in [7, 11) is 0. The lowest BCUT2D eigenvalue weighted by atomic mass is 10.0. The second-order valence-corrected chi connectivity index (χ2v) is 6.07. The van der Waals surface area contributed by atoms with Crippen molar-refractivity contribution in [3.8, 4) is 28.1 Å². The van der Waals surface area contributed by atoms with E-state index in [1.165, 1.54) is 0 Å². The van der Waals surface area contributed by atoms with Gasteiger partial charge in [0.05, 0.1) is 11.3 Å². The van der Waals surface area contributed by atoms with Crippen LogP contribution in [0.5, 0.6) is 0 Å². The molecule has 0 fully saturated rings. The maximum atomic E-state index is 13.2. The first-order valence-corrected chi connectivity index (χ1v) is 8.46. The molecule has 0 unspecified atom stereocenters. The molecule has 0 N–H and O–H groups in total. The molecule has 0 aliphatic rings. The molecular weight excluding hydrogens is 346 g/mol. The Morgan fingerprint density at radius 2 is 1.58 bits per heavy atom. The zero-order valence-corrected chi connectivity index (χ0v) is 14.5. The summed E-state index contributed by atoms with van der Waals surface area (Å²) in [6.45, 7) is 0. The standard InChI is InChI=1S/C21H14ClN3O/c22-20-17(9-6-12-24-20)18-13-15(19-10-4-5-11-23-19)14-25(21(18)26)16-7-2-1-3-8-16/h1-14H. The van der Waals surface area contributed by atoms with Gasteiger partial charge in [0.25, 0.3) is 5.56 Å². The molecule has 4 rings (SSSR count). The molecule has 3 heterocycles. The first kappa shape index (κ1) is 16.2. The number of nitrogens with zero attached hydrogens (tertiary/aromatic N) is 3. The van der Waals surface area contributed by atoms with E-state index in [0.717, 1.165) is 16.9 Å². The first-order valence-electron chi connectivity index (χ1n) is 8.08. The van der Waals surface area contributed by atoms with E-state index in [1.807, 2.05) is 54.6 Å². The molecule has 0 saturated carbocycles. The van der Waals surface area contributed by atoms with Gasteiger partial charge in [-0.15, -0.1) is 0 Å². The van der Waals surface area contributed by atoms with E-state index in [2.05, 4.69) is 9.97 Å². The molecule has 0 saturated heterocycles. The molecule has 0 amide bonds. The fourth-order valence-electron chi connectivity index (χ4n) is 2.82. The van der Waals surface area contributed by atoms with Crippen molar-refractivity contribution in [3.63, 3.8) is 0 Å². The minimum atomic E-state index is -0.161. The van der Waals surface area contributed by atoms with Gasteiger partial charge in [-0.25, -0.2) is 4.98 Å². The highest BCUT2D eigenvalue weighted by Crippen LogP contribution is 2.27. The Morgan fingerprint density at radius 3 is 2.31 bits per heavy atom. The summed E-state index contributed by atoms with van der Waals surface area (Å²) in [6, 6.07) is 20.5. The van der Waals surface area contributed by atoms with Crippen LogP contribution in [0.4, 0.5) is 0 Å². The van der Waals surface area contributed by atoms with E-state index in [1.54, 1.807) is 35.3 Å². The third-order valence-corrected chi connectivity index (χ3v) is 4.36. The lowest BCUT2D eigenvalue weighted by molar-refractivity contribution is 0.993. The van der Waals surface area contributed by atoms with Gasteiger partial charge in [-0.3, -0.25) is 14.3 Å². The van der Waals surface area contributed by atoms with Crippen molar-refractivity contribution < 1.29 is 0 Å². The lowest BCUT2D eigenvalue weighted by Gasteiger charge is -2.12. The van der Waals surface area contributed by atoms with Gasteiger partial charge >= 0.3 is 0 Å². The second kappa shape index (κ2) is 6.94. The van der Waals surface area contributed by atoms with Gasteiger partial charge in [-0.2, -0.15) is 0 Å². The molecule has 0 aliphatic heterocycles. The van der Waals surface area contributed by atoms with Gasteiger partial charge in [-0.1, -0.05) is 35.9 Å². The number of halogens is 1. The summed E-state index contributed by atoms with van der Waals surface area (Å²) in [5.74, 6) is 0. The summed E-state index contributed by atoms with van der Waals surface area (Å²) in [4.78, 5) is 21.7. The topological polar surface area (TPSA) is 47.8 Å². The van der Waals surface area contributed by atoms with Crippen LogP contribution in [0.15, 0.2) is 90.1 Å². The average molecular weight is 360 g/mol. The largest absolute Gasteiger partial charge is 0.283 e. The van der Waals surface area contributed by atoms with E-state index in [0.29, 0.717) is 16.3 Å². The van der Waals surface area contributed by atoms with Crippen molar-refractivity contribution in [2.75, 3.05) is 0 Å². The fourth-order valence-corrected chi connectivity index (χ4v) is 3.04. The molecule has 126 valence electrons. The van der Waals surface area contributed by atoms with E-state index < -0.39 is 0 Å². The molecule has 0 spiro atoms. The number of pyridine rings is 3. The first-order chi connectivity index (χ1) is 12.7. The molecular formula is C21H14ClN3O. The number of aromatic nitrogens is 3. The van der Waals surface area contributed by atoms with Crippen LogP contribution >= 0.6 is 11.6 Å². The van der Waals surface area contributed by atoms with Crippen molar-refractivity contribution in [2.45, 2.75) is 0 Å². The summed E-state index contributed by atoms with van der Waals surface area (Å²) in [5, 5.41) is 0.294. The maximum absolute atomic E-state index is 13.2. The maximum Gasteiger partial charge on any atom is 0.263 e. The van der Waals surface area contributed by atoms with Crippen LogP contribution in [0.1, 0.15) is 0 Å². The van der Waals surface area contributed by atoms with Crippen LogP contribution in [0.3, 0.4) is 0 Å². The molecule has 3 aromatic heterocycles. The quantitative estimate of drug-likeness (QED) is 0.502. The van der Waals surface area contributed by atoms with Gasteiger partial charge in [0.2, 0.25) is 0 Å². The summed E-state index contributed by atoms with van der Waals surface area (Å²) < 4.78 is 1.61. The Balaban J connectivity index is 2.03. The van der Waals surface area contributed by atoms with Gasteiger partial charge in [0.15, 0.2) is 0 Å². The normalized spacial score (nSPS) is 10.7. The van der Waals surface area contributed by atoms with Crippen LogP contribution in [0.25, 0.3) is 28.1 Å². The number of rotatable bonds is 3. The molecule has 5 heteroatoms. The Morgan fingerprint density at radius 1 is 0.808 bits per heavy atom.